The van der Waals surface area contributed by atoms with E-state index in [-0.39, 0.29) is 11.5 Å². The number of amides is 1. The van der Waals surface area contributed by atoms with Crippen LogP contribution < -0.4 is 4.90 Å². The number of ether oxygens (including phenoxy) is 1. The van der Waals surface area contributed by atoms with E-state index < -0.39 is 21.4 Å². The van der Waals surface area contributed by atoms with E-state index in [1.54, 1.807) is 9.48 Å². The molecule has 0 atom stereocenters. The number of carbonyl (C=O) groups excluding carboxylic acids is 1. The molecule has 3 heterocycles. The zero-order valence-corrected chi connectivity index (χ0v) is 35.0. The molecule has 8 rings (SSSR count). The molecule has 4 aromatic rings. The summed E-state index contributed by atoms with van der Waals surface area (Å²) < 4.78 is 44.1. The Kier molecular flexibility index (Phi) is 10.2. The Labute approximate surface area is 341 Å². The molecular formula is C47H51N5O5S. The number of fused-ring (bicyclic) bond motifs is 6. The Morgan fingerprint density at radius 3 is 2.16 bits per heavy atom. The lowest BCUT2D eigenvalue weighted by atomic mass is 9.79. The van der Waals surface area contributed by atoms with E-state index in [0.717, 1.165) is 51.1 Å². The molecule has 0 saturated carbocycles. The molecule has 0 unspecified atom stereocenters. The van der Waals surface area contributed by atoms with Crippen molar-refractivity contribution in [2.24, 2.45) is 5.10 Å². The highest BCUT2D eigenvalue weighted by molar-refractivity contribution is 7.85. The highest BCUT2D eigenvalue weighted by Gasteiger charge is 2.46. The molecule has 1 aliphatic carbocycles. The van der Waals surface area contributed by atoms with Gasteiger partial charge in [-0.2, -0.15) is 9.68 Å². The summed E-state index contributed by atoms with van der Waals surface area (Å²) in [6.07, 6.45) is 10.9. The molecule has 0 aromatic heterocycles. The van der Waals surface area contributed by atoms with Gasteiger partial charge < -0.3 is 19.1 Å². The van der Waals surface area contributed by atoms with Crippen molar-refractivity contribution in [2.75, 3.05) is 50.1 Å². The maximum atomic E-state index is 12.5. The van der Waals surface area contributed by atoms with E-state index in [9.17, 15) is 17.8 Å². The predicted molar refractivity (Wildman–Crippen MR) is 232 cm³/mol. The lowest BCUT2D eigenvalue weighted by Crippen LogP contribution is -2.47. The van der Waals surface area contributed by atoms with E-state index in [4.69, 9.17) is 9.84 Å². The number of allylic oxidation sites excluding steroid dienone is 8. The van der Waals surface area contributed by atoms with E-state index >= 15 is 0 Å². The van der Waals surface area contributed by atoms with Crippen LogP contribution in [0, 0.1) is 0 Å². The fraction of sp³-hybridized carbons (Fsp3) is 0.340. The van der Waals surface area contributed by atoms with Crippen molar-refractivity contribution in [1.82, 2.24) is 9.91 Å². The van der Waals surface area contributed by atoms with E-state index in [0.29, 0.717) is 39.2 Å². The summed E-state index contributed by atoms with van der Waals surface area (Å²) in [6.45, 7) is 16.0. The van der Waals surface area contributed by atoms with Gasteiger partial charge in [0.1, 0.15) is 0 Å². The van der Waals surface area contributed by atoms with Crippen LogP contribution >= 0.6 is 0 Å². The first kappa shape index (κ1) is 39.3. The molecule has 3 aliphatic heterocycles. The summed E-state index contributed by atoms with van der Waals surface area (Å²) in [7, 11) is -4.62. The molecule has 4 aliphatic rings. The number of rotatable bonds is 8. The molecule has 0 radical (unpaired) electrons. The quantitative estimate of drug-likeness (QED) is 0.130. The minimum Gasteiger partial charge on any atom is -0.743 e. The summed E-state index contributed by atoms with van der Waals surface area (Å²) >= 11 is 0. The Hall–Kier alpha value is -5.52. The molecule has 300 valence electrons. The van der Waals surface area contributed by atoms with Crippen molar-refractivity contribution >= 4 is 60.6 Å². The number of anilines is 1. The van der Waals surface area contributed by atoms with Crippen LogP contribution in [0.15, 0.2) is 125 Å². The van der Waals surface area contributed by atoms with Crippen molar-refractivity contribution in [1.29, 1.82) is 0 Å². The Morgan fingerprint density at radius 2 is 1.50 bits per heavy atom. The number of nitrogens with zero attached hydrogens (tertiary/aromatic N) is 5. The lowest BCUT2D eigenvalue weighted by Gasteiger charge is -2.32. The summed E-state index contributed by atoms with van der Waals surface area (Å²) in [5, 5.41) is 11.8. The van der Waals surface area contributed by atoms with E-state index in [1.165, 1.54) is 27.7 Å². The molecule has 1 saturated heterocycles. The standard InChI is InChI=1S/C47H51N5O5S/c1-7-51-38-23-19-32-13-9-11-15-36(32)42(38)46(3,4)40(51)25-21-34-17-18-35(44(34)48-50-29-27-49(28-30-50)45(53)57-8-2)22-26-41-47(5,6)43-37-16-12-10-14-33(37)20-24-39(43)52(41)31-58(54,55)56/h9-16,18-26H,7-8,17,27-31H2,1-6H3/b26-22+,34-21-,40-25-,48-44+. The number of hydrogen-bond donors (Lipinski definition) is 0. The minimum absolute atomic E-state index is 0.256. The summed E-state index contributed by atoms with van der Waals surface area (Å²) in [5.41, 5.74) is 8.10. The highest BCUT2D eigenvalue weighted by Crippen LogP contribution is 2.51. The van der Waals surface area contributed by atoms with Gasteiger partial charge in [0.05, 0.1) is 30.8 Å². The first-order valence-electron chi connectivity index (χ1n) is 20.2. The van der Waals surface area contributed by atoms with Crippen molar-refractivity contribution in [3.05, 3.63) is 131 Å². The van der Waals surface area contributed by atoms with Crippen molar-refractivity contribution in [3.8, 4) is 0 Å². The molecule has 0 bridgehead atoms. The smallest absolute Gasteiger partial charge is 0.409 e. The zero-order valence-electron chi connectivity index (χ0n) is 34.2. The van der Waals surface area contributed by atoms with Crippen LogP contribution in [0.4, 0.5) is 16.2 Å². The number of piperazine rings is 1. The normalized spacial score (nSPS) is 21.0. The van der Waals surface area contributed by atoms with Crippen LogP contribution in [0.3, 0.4) is 0 Å². The van der Waals surface area contributed by atoms with Crippen LogP contribution in [0.1, 0.15) is 59.1 Å². The van der Waals surface area contributed by atoms with Crippen LogP contribution in [0.5, 0.6) is 0 Å². The molecule has 1 fully saturated rings. The molecular weight excluding hydrogens is 747 g/mol. The summed E-state index contributed by atoms with van der Waals surface area (Å²) in [6, 6.07) is 25.0. The summed E-state index contributed by atoms with van der Waals surface area (Å²) in [4.78, 5) is 16.6. The number of benzene rings is 4. The van der Waals surface area contributed by atoms with Crippen LogP contribution in [0.25, 0.3) is 21.5 Å². The molecule has 0 N–H and O–H groups in total. The van der Waals surface area contributed by atoms with Gasteiger partial charge in [0.15, 0.2) is 15.8 Å². The first-order valence-corrected chi connectivity index (χ1v) is 21.8. The van der Waals surface area contributed by atoms with Gasteiger partial charge in [0.25, 0.3) is 0 Å². The zero-order chi connectivity index (χ0) is 41.0. The van der Waals surface area contributed by atoms with Gasteiger partial charge in [-0.15, -0.1) is 0 Å². The summed E-state index contributed by atoms with van der Waals surface area (Å²) in [5.74, 6) is -0.674. The van der Waals surface area contributed by atoms with E-state index in [2.05, 4.69) is 100 Å². The number of hydrogen-bond acceptors (Lipinski definition) is 8. The maximum Gasteiger partial charge on any atom is 0.409 e. The largest absolute Gasteiger partial charge is 0.743 e. The van der Waals surface area contributed by atoms with Gasteiger partial charge in [-0.1, -0.05) is 80.6 Å². The van der Waals surface area contributed by atoms with Gasteiger partial charge in [-0.3, -0.25) is 5.01 Å². The third kappa shape index (κ3) is 6.94. The van der Waals surface area contributed by atoms with Crippen LogP contribution in [-0.4, -0.2) is 90.2 Å². The van der Waals surface area contributed by atoms with Gasteiger partial charge in [-0.05, 0) is 96.7 Å². The second kappa shape index (κ2) is 15.0. The Balaban J connectivity index is 1.19. The molecule has 11 heteroatoms. The average Bonchev–Trinajstić information content (AvgIpc) is 3.75. The van der Waals surface area contributed by atoms with Gasteiger partial charge in [0.2, 0.25) is 11.6 Å². The van der Waals surface area contributed by atoms with Crippen LogP contribution in [0.2, 0.25) is 0 Å². The molecule has 4 aromatic carbocycles. The van der Waals surface area contributed by atoms with Crippen molar-refractivity contribution in [2.45, 2.75) is 58.8 Å². The SMILES string of the molecule is CCOC(=O)N1CCN(/N=C2/C(/C=C/C3=[N+](CS(=O)(=O)[O-])c4ccc5ccccc5c4C3(C)C)=CC/C2=C/C=C2\N(CC)c3ccc4ccccc4c3C2(C)C)CC1. The number of hydrazone groups is 1. The lowest BCUT2D eigenvalue weighted by molar-refractivity contribution is -0.416. The van der Waals surface area contributed by atoms with E-state index in [1.807, 2.05) is 54.4 Å². The average molecular weight is 798 g/mol. The third-order valence-corrected chi connectivity index (χ3v) is 12.7. The minimum atomic E-state index is -4.62. The molecule has 10 nitrogen and oxygen atoms in total. The molecule has 58 heavy (non-hydrogen) atoms. The van der Waals surface area contributed by atoms with Crippen molar-refractivity contribution in [3.63, 3.8) is 0 Å². The molecule has 1 amide bonds. The second-order valence-electron chi connectivity index (χ2n) is 16.4. The maximum absolute atomic E-state index is 12.5. The number of carbonyl (C=O) groups is 1. The third-order valence-electron chi connectivity index (χ3n) is 12.1. The van der Waals surface area contributed by atoms with Crippen molar-refractivity contribution < 1.29 is 27.1 Å². The van der Waals surface area contributed by atoms with Crippen LogP contribution in [-0.2, 0) is 25.7 Å². The Bertz CT molecular complexity index is 2640. The number of likely N-dealkylation sites (N-methyl/N-ethyl adjacent to an activating group) is 1. The predicted octanol–water partition coefficient (Wildman–Crippen LogP) is 8.52. The highest BCUT2D eigenvalue weighted by atomic mass is 32.2. The monoisotopic (exact) mass is 797 g/mol. The fourth-order valence-electron chi connectivity index (χ4n) is 9.41. The van der Waals surface area contributed by atoms with Gasteiger partial charge in [0, 0.05) is 54.1 Å². The van der Waals surface area contributed by atoms with Gasteiger partial charge >= 0.3 is 6.09 Å². The fourth-order valence-corrected chi connectivity index (χ4v) is 10.0. The topological polar surface area (TPSA) is 109 Å². The molecule has 0 spiro atoms. The second-order valence-corrected chi connectivity index (χ2v) is 17.8. The van der Waals surface area contributed by atoms with Gasteiger partial charge in [-0.25, -0.2) is 13.2 Å². The first-order chi connectivity index (χ1) is 27.7. The Morgan fingerprint density at radius 1 is 0.845 bits per heavy atom.